The Morgan fingerprint density at radius 2 is 2.04 bits per heavy atom. The van der Waals surface area contributed by atoms with Crippen molar-refractivity contribution in [3.8, 4) is 0 Å². The molecule has 27 heavy (non-hydrogen) atoms. The summed E-state index contributed by atoms with van der Waals surface area (Å²) in [5, 5.41) is 3.55. The highest BCUT2D eigenvalue weighted by molar-refractivity contribution is 6.31. The van der Waals surface area contributed by atoms with Gasteiger partial charge < -0.3 is 10.1 Å². The molecular formula is C20H19ClFN3O2. The molecule has 0 bridgehead atoms. The molecule has 1 heterocycles. The predicted octanol–water partition coefficient (Wildman–Crippen LogP) is 3.90. The highest BCUT2D eigenvalue weighted by Crippen LogP contribution is 2.30. The monoisotopic (exact) mass is 387 g/mol. The molecule has 0 radical (unpaired) electrons. The van der Waals surface area contributed by atoms with E-state index in [1.807, 2.05) is 0 Å². The van der Waals surface area contributed by atoms with Gasteiger partial charge in [-0.1, -0.05) is 23.7 Å². The van der Waals surface area contributed by atoms with Gasteiger partial charge in [0.1, 0.15) is 17.7 Å². The van der Waals surface area contributed by atoms with Gasteiger partial charge in [-0.25, -0.2) is 9.38 Å². The highest BCUT2D eigenvalue weighted by Gasteiger charge is 2.25. The maximum Gasteiger partial charge on any atom is 0.305 e. The number of ether oxygens (including phenoxy) is 1. The van der Waals surface area contributed by atoms with E-state index in [1.165, 1.54) is 13.2 Å². The molecule has 3 rings (SSSR count). The van der Waals surface area contributed by atoms with Crippen molar-refractivity contribution in [1.82, 2.24) is 5.32 Å². The Kier molecular flexibility index (Phi) is 5.86. The number of aliphatic imine (C=N–C) groups is 2. The summed E-state index contributed by atoms with van der Waals surface area (Å²) in [6, 6.07) is 11.2. The normalized spacial score (nSPS) is 15.9. The van der Waals surface area contributed by atoms with Gasteiger partial charge >= 0.3 is 5.97 Å². The van der Waals surface area contributed by atoms with Gasteiger partial charge in [0.05, 0.1) is 18.5 Å². The molecule has 7 heteroatoms. The van der Waals surface area contributed by atoms with E-state index in [0.717, 1.165) is 0 Å². The van der Waals surface area contributed by atoms with Crippen LogP contribution in [0, 0.1) is 5.82 Å². The fourth-order valence-electron chi connectivity index (χ4n) is 2.93. The van der Waals surface area contributed by atoms with E-state index in [2.05, 4.69) is 10.3 Å². The molecule has 0 aromatic heterocycles. The van der Waals surface area contributed by atoms with Crippen molar-refractivity contribution in [2.45, 2.75) is 18.9 Å². The van der Waals surface area contributed by atoms with Crippen molar-refractivity contribution < 1.29 is 13.9 Å². The largest absolute Gasteiger partial charge is 0.469 e. The molecule has 2 aromatic rings. The second-order valence-corrected chi connectivity index (χ2v) is 6.43. The minimum Gasteiger partial charge on any atom is -0.469 e. The van der Waals surface area contributed by atoms with Crippen LogP contribution in [-0.4, -0.2) is 37.7 Å². The fraction of sp³-hybridized carbons (Fsp3) is 0.250. The summed E-state index contributed by atoms with van der Waals surface area (Å²) in [7, 11) is 3.08. The van der Waals surface area contributed by atoms with Gasteiger partial charge in [0.15, 0.2) is 0 Å². The lowest BCUT2D eigenvalue weighted by atomic mass is 10.00. The molecular weight excluding hydrogens is 369 g/mol. The van der Waals surface area contributed by atoms with E-state index in [0.29, 0.717) is 39.8 Å². The van der Waals surface area contributed by atoms with E-state index in [1.54, 1.807) is 43.4 Å². The van der Waals surface area contributed by atoms with E-state index in [9.17, 15) is 9.18 Å². The van der Waals surface area contributed by atoms with Crippen LogP contribution in [0.1, 0.15) is 24.0 Å². The van der Waals surface area contributed by atoms with Crippen LogP contribution in [0.15, 0.2) is 52.4 Å². The molecule has 0 spiro atoms. The maximum absolute atomic E-state index is 14.5. The Morgan fingerprint density at radius 3 is 2.74 bits per heavy atom. The number of nitrogens with zero attached hydrogens (tertiary/aromatic N) is 2. The lowest BCUT2D eigenvalue weighted by Crippen LogP contribution is -2.31. The SMILES string of the molecule is CNC1=Nc2ccc(Cl)cc2C(c2ccccc2F)=N[C@H]1CCC(=O)OC. The summed E-state index contributed by atoms with van der Waals surface area (Å²) in [5.41, 5.74) is 2.08. The molecule has 1 aliphatic rings. The summed E-state index contributed by atoms with van der Waals surface area (Å²) < 4.78 is 19.3. The predicted molar refractivity (Wildman–Crippen MR) is 105 cm³/mol. The van der Waals surface area contributed by atoms with Gasteiger partial charge in [0.2, 0.25) is 0 Å². The lowest BCUT2D eigenvalue weighted by Gasteiger charge is -2.15. The molecule has 1 N–H and O–H groups in total. The van der Waals surface area contributed by atoms with Crippen LogP contribution >= 0.6 is 11.6 Å². The Bertz CT molecular complexity index is 927. The van der Waals surface area contributed by atoms with Gasteiger partial charge in [-0.3, -0.25) is 9.79 Å². The third-order valence-corrected chi connectivity index (χ3v) is 4.52. The van der Waals surface area contributed by atoms with E-state index in [-0.39, 0.29) is 18.2 Å². The van der Waals surface area contributed by atoms with Crippen molar-refractivity contribution in [3.63, 3.8) is 0 Å². The quantitative estimate of drug-likeness (QED) is 0.809. The zero-order valence-corrected chi connectivity index (χ0v) is 15.8. The van der Waals surface area contributed by atoms with Crippen molar-refractivity contribution in [2.24, 2.45) is 9.98 Å². The second kappa shape index (κ2) is 8.31. The van der Waals surface area contributed by atoms with E-state index < -0.39 is 6.04 Å². The molecule has 0 saturated carbocycles. The van der Waals surface area contributed by atoms with Crippen molar-refractivity contribution in [2.75, 3.05) is 14.2 Å². The van der Waals surface area contributed by atoms with Crippen LogP contribution in [0.25, 0.3) is 0 Å². The number of halogens is 2. The van der Waals surface area contributed by atoms with Gasteiger partial charge in [-0.2, -0.15) is 0 Å². The number of hydrogen-bond donors (Lipinski definition) is 1. The minimum atomic E-state index is -0.449. The van der Waals surface area contributed by atoms with Crippen molar-refractivity contribution in [3.05, 3.63) is 64.4 Å². The van der Waals surface area contributed by atoms with Crippen LogP contribution in [0.5, 0.6) is 0 Å². The second-order valence-electron chi connectivity index (χ2n) is 6.00. The number of rotatable bonds is 4. The molecule has 140 valence electrons. The van der Waals surface area contributed by atoms with Gasteiger partial charge in [-0.15, -0.1) is 0 Å². The summed E-state index contributed by atoms with van der Waals surface area (Å²) in [6.07, 6.45) is 0.555. The standard InChI is InChI=1S/C20H19ClFN3O2/c1-23-20-17(9-10-18(26)27-2)24-19(13-5-3-4-6-15(13)22)14-11-12(21)7-8-16(14)25-20/h3-8,11,17H,9-10H2,1-2H3,(H,23,25)/t17-/m0/s1. The van der Waals surface area contributed by atoms with Gasteiger partial charge in [0, 0.05) is 29.6 Å². The first-order valence-electron chi connectivity index (χ1n) is 8.49. The third kappa shape index (κ3) is 4.17. The topological polar surface area (TPSA) is 63.0 Å². The number of fused-ring (bicyclic) bond motifs is 1. The minimum absolute atomic E-state index is 0.174. The number of amidine groups is 1. The number of benzene rings is 2. The zero-order chi connectivity index (χ0) is 19.4. The average molecular weight is 388 g/mol. The summed E-state index contributed by atoms with van der Waals surface area (Å²) in [5.74, 6) is -0.131. The number of likely N-dealkylation sites (N-methyl/N-ethyl adjacent to an activating group) is 1. The molecule has 0 saturated heterocycles. The fourth-order valence-corrected chi connectivity index (χ4v) is 3.11. The van der Waals surface area contributed by atoms with Crippen molar-refractivity contribution >= 4 is 34.8 Å². The summed E-state index contributed by atoms with van der Waals surface area (Å²) in [4.78, 5) is 21.0. The van der Waals surface area contributed by atoms with Crippen LogP contribution in [0.3, 0.4) is 0 Å². The number of methoxy groups -OCH3 is 1. The maximum atomic E-state index is 14.5. The molecule has 0 amide bonds. The molecule has 0 aliphatic carbocycles. The third-order valence-electron chi connectivity index (χ3n) is 4.29. The van der Waals surface area contributed by atoms with Gasteiger partial charge in [-0.05, 0) is 36.8 Å². The first-order chi connectivity index (χ1) is 13.0. The number of nitrogens with one attached hydrogen (secondary N) is 1. The van der Waals surface area contributed by atoms with E-state index in [4.69, 9.17) is 21.3 Å². The Hall–Kier alpha value is -2.73. The summed E-state index contributed by atoms with van der Waals surface area (Å²) in [6.45, 7) is 0. The first-order valence-corrected chi connectivity index (χ1v) is 8.87. The Morgan fingerprint density at radius 1 is 1.26 bits per heavy atom. The van der Waals surface area contributed by atoms with Crippen molar-refractivity contribution in [1.29, 1.82) is 0 Å². The first kappa shape index (κ1) is 19.0. The zero-order valence-electron chi connectivity index (χ0n) is 15.0. The number of carbonyl (C=O) groups excluding carboxylic acids is 1. The highest BCUT2D eigenvalue weighted by atomic mass is 35.5. The number of carbonyl (C=O) groups is 1. The Labute approximate surface area is 161 Å². The average Bonchev–Trinajstić information content (AvgIpc) is 2.83. The van der Waals surface area contributed by atoms with Gasteiger partial charge in [0.25, 0.3) is 0 Å². The smallest absolute Gasteiger partial charge is 0.305 e. The van der Waals surface area contributed by atoms with Crippen LogP contribution < -0.4 is 5.32 Å². The van der Waals surface area contributed by atoms with Crippen LogP contribution in [0.2, 0.25) is 5.02 Å². The van der Waals surface area contributed by atoms with Crippen LogP contribution in [0.4, 0.5) is 10.1 Å². The van der Waals surface area contributed by atoms with E-state index >= 15 is 0 Å². The number of hydrogen-bond acceptors (Lipinski definition) is 5. The molecule has 1 atom stereocenters. The molecule has 2 aromatic carbocycles. The molecule has 5 nitrogen and oxygen atoms in total. The summed E-state index contributed by atoms with van der Waals surface area (Å²) >= 11 is 6.18. The molecule has 1 aliphatic heterocycles. The van der Waals surface area contributed by atoms with Crippen LogP contribution in [-0.2, 0) is 9.53 Å². The molecule has 0 fully saturated rings. The Balaban J connectivity index is 2.15. The molecule has 0 unspecified atom stereocenters. The lowest BCUT2D eigenvalue weighted by molar-refractivity contribution is -0.140. The number of esters is 1.